The summed E-state index contributed by atoms with van der Waals surface area (Å²) in [7, 11) is 0. The highest BCUT2D eigenvalue weighted by Crippen LogP contribution is 2.11. The molecule has 1 atom stereocenters. The van der Waals surface area contributed by atoms with Gasteiger partial charge in [-0.05, 0) is 39.0 Å². The lowest BCUT2D eigenvalue weighted by atomic mass is 9.98. The van der Waals surface area contributed by atoms with E-state index in [-0.39, 0.29) is 5.56 Å². The molecular weight excluding hydrogens is 209 g/mol. The lowest BCUT2D eigenvalue weighted by Crippen LogP contribution is -2.50. The van der Waals surface area contributed by atoms with Gasteiger partial charge in [0, 0.05) is 5.56 Å². The minimum absolute atomic E-state index is 0.244. The van der Waals surface area contributed by atoms with Gasteiger partial charge in [-0.3, -0.25) is 4.79 Å². The third-order valence-corrected chi connectivity index (χ3v) is 2.57. The highest BCUT2D eigenvalue weighted by atomic mass is 19.1. The highest BCUT2D eigenvalue weighted by Gasteiger charge is 2.26. The second kappa shape index (κ2) is 4.61. The molecule has 88 valence electrons. The largest absolute Gasteiger partial charge is 0.391 e. The third kappa shape index (κ3) is 3.03. The van der Waals surface area contributed by atoms with Crippen LogP contribution < -0.4 is 5.32 Å². The Balaban J connectivity index is 2.81. The number of hydrogen-bond donors (Lipinski definition) is 2. The molecule has 0 saturated heterocycles. The van der Waals surface area contributed by atoms with Crippen molar-refractivity contribution in [2.75, 3.05) is 0 Å². The van der Waals surface area contributed by atoms with E-state index in [1.165, 1.54) is 18.2 Å². The molecule has 0 aliphatic rings. The lowest BCUT2D eigenvalue weighted by molar-refractivity contribution is 0.0709. The standard InChI is InChI=1S/C12H16FNO2/c1-8(15)12(2,3)14-11(16)9-5-4-6-10(13)7-9/h4-8,15H,1-3H3,(H,14,16). The zero-order valence-corrected chi connectivity index (χ0v) is 9.62. The number of aliphatic hydroxyl groups is 1. The maximum Gasteiger partial charge on any atom is 0.251 e. The van der Waals surface area contributed by atoms with E-state index in [2.05, 4.69) is 5.32 Å². The fourth-order valence-electron chi connectivity index (χ4n) is 1.10. The molecular formula is C12H16FNO2. The molecule has 0 heterocycles. The smallest absolute Gasteiger partial charge is 0.251 e. The number of rotatable bonds is 3. The van der Waals surface area contributed by atoms with E-state index in [1.54, 1.807) is 20.8 Å². The van der Waals surface area contributed by atoms with Crippen molar-refractivity contribution in [2.45, 2.75) is 32.4 Å². The van der Waals surface area contributed by atoms with E-state index in [4.69, 9.17) is 0 Å². The fraction of sp³-hybridized carbons (Fsp3) is 0.417. The average molecular weight is 225 g/mol. The van der Waals surface area contributed by atoms with Gasteiger partial charge in [0.2, 0.25) is 0 Å². The Hall–Kier alpha value is -1.42. The summed E-state index contributed by atoms with van der Waals surface area (Å²) in [5.74, 6) is -0.854. The summed E-state index contributed by atoms with van der Waals surface area (Å²) in [4.78, 5) is 11.7. The lowest BCUT2D eigenvalue weighted by Gasteiger charge is -2.29. The molecule has 0 radical (unpaired) electrons. The van der Waals surface area contributed by atoms with E-state index >= 15 is 0 Å². The van der Waals surface area contributed by atoms with Crippen LogP contribution in [-0.2, 0) is 0 Å². The molecule has 0 aliphatic heterocycles. The van der Waals surface area contributed by atoms with Crippen LogP contribution in [0.15, 0.2) is 24.3 Å². The van der Waals surface area contributed by atoms with Gasteiger partial charge in [0.25, 0.3) is 5.91 Å². The number of carbonyl (C=O) groups excluding carboxylic acids is 1. The quantitative estimate of drug-likeness (QED) is 0.822. The van der Waals surface area contributed by atoms with Crippen molar-refractivity contribution < 1.29 is 14.3 Å². The number of nitrogens with one attached hydrogen (secondary N) is 1. The first-order valence-electron chi connectivity index (χ1n) is 5.09. The van der Waals surface area contributed by atoms with Crippen LogP contribution in [0.1, 0.15) is 31.1 Å². The molecule has 0 bridgehead atoms. The molecule has 3 nitrogen and oxygen atoms in total. The number of benzene rings is 1. The second-order valence-electron chi connectivity index (χ2n) is 4.36. The molecule has 2 N–H and O–H groups in total. The van der Waals surface area contributed by atoms with E-state index in [1.807, 2.05) is 0 Å². The third-order valence-electron chi connectivity index (χ3n) is 2.57. The van der Waals surface area contributed by atoms with Crippen LogP contribution in [0.2, 0.25) is 0 Å². The van der Waals surface area contributed by atoms with Crippen molar-refractivity contribution in [1.29, 1.82) is 0 Å². The summed E-state index contributed by atoms with van der Waals surface area (Å²) >= 11 is 0. The van der Waals surface area contributed by atoms with Crippen LogP contribution in [0.5, 0.6) is 0 Å². The molecule has 0 fully saturated rings. The molecule has 1 unspecified atom stereocenters. The van der Waals surface area contributed by atoms with Crippen LogP contribution in [0, 0.1) is 5.82 Å². The van der Waals surface area contributed by atoms with Gasteiger partial charge in [0.15, 0.2) is 0 Å². The van der Waals surface area contributed by atoms with E-state index in [0.717, 1.165) is 6.07 Å². The van der Waals surface area contributed by atoms with Crippen LogP contribution in [0.3, 0.4) is 0 Å². The monoisotopic (exact) mass is 225 g/mol. The number of carbonyl (C=O) groups is 1. The molecule has 0 saturated carbocycles. The van der Waals surface area contributed by atoms with Crippen molar-refractivity contribution in [3.63, 3.8) is 0 Å². The molecule has 1 rings (SSSR count). The summed E-state index contributed by atoms with van der Waals surface area (Å²) in [6.45, 7) is 5.00. The molecule has 4 heteroatoms. The Labute approximate surface area is 94.3 Å². The molecule has 16 heavy (non-hydrogen) atoms. The Morgan fingerprint density at radius 1 is 1.50 bits per heavy atom. The van der Waals surface area contributed by atoms with Crippen molar-refractivity contribution in [3.05, 3.63) is 35.6 Å². The first-order valence-corrected chi connectivity index (χ1v) is 5.09. The van der Waals surface area contributed by atoms with Gasteiger partial charge in [0.1, 0.15) is 5.82 Å². The predicted octanol–water partition coefficient (Wildman–Crippen LogP) is 1.71. The second-order valence-corrected chi connectivity index (χ2v) is 4.36. The van der Waals surface area contributed by atoms with Crippen LogP contribution >= 0.6 is 0 Å². The SMILES string of the molecule is CC(O)C(C)(C)NC(=O)c1cccc(F)c1. The molecule has 0 spiro atoms. The fourth-order valence-corrected chi connectivity index (χ4v) is 1.10. The first-order chi connectivity index (χ1) is 7.33. The predicted molar refractivity (Wildman–Crippen MR) is 59.6 cm³/mol. The Bertz CT molecular complexity index is 388. The Morgan fingerprint density at radius 3 is 2.62 bits per heavy atom. The maximum absolute atomic E-state index is 12.9. The maximum atomic E-state index is 12.9. The molecule has 0 aliphatic carbocycles. The van der Waals surface area contributed by atoms with Crippen molar-refractivity contribution in [2.24, 2.45) is 0 Å². The number of aliphatic hydroxyl groups excluding tert-OH is 1. The van der Waals surface area contributed by atoms with Gasteiger partial charge in [0.05, 0.1) is 11.6 Å². The molecule has 0 aromatic heterocycles. The van der Waals surface area contributed by atoms with Crippen molar-refractivity contribution in [1.82, 2.24) is 5.32 Å². The first kappa shape index (κ1) is 12.6. The molecule has 1 aromatic carbocycles. The van der Waals surface area contributed by atoms with Crippen LogP contribution in [0.4, 0.5) is 4.39 Å². The zero-order chi connectivity index (χ0) is 12.3. The van der Waals surface area contributed by atoms with Gasteiger partial charge in [-0.15, -0.1) is 0 Å². The van der Waals surface area contributed by atoms with E-state index in [9.17, 15) is 14.3 Å². The van der Waals surface area contributed by atoms with Crippen molar-refractivity contribution in [3.8, 4) is 0 Å². The van der Waals surface area contributed by atoms with Gasteiger partial charge >= 0.3 is 0 Å². The number of halogens is 1. The van der Waals surface area contributed by atoms with Gasteiger partial charge in [-0.1, -0.05) is 6.07 Å². The number of hydrogen-bond acceptors (Lipinski definition) is 2. The van der Waals surface area contributed by atoms with Gasteiger partial charge in [-0.25, -0.2) is 4.39 Å². The minimum atomic E-state index is -0.747. The number of amides is 1. The minimum Gasteiger partial charge on any atom is -0.391 e. The topological polar surface area (TPSA) is 49.3 Å². The summed E-state index contributed by atoms with van der Waals surface area (Å²) in [5.41, 5.74) is -0.502. The average Bonchev–Trinajstić information content (AvgIpc) is 2.16. The summed E-state index contributed by atoms with van der Waals surface area (Å²) in [5, 5.41) is 12.1. The normalized spacial score (nSPS) is 13.3. The van der Waals surface area contributed by atoms with E-state index < -0.39 is 23.4 Å². The van der Waals surface area contributed by atoms with Gasteiger partial charge in [-0.2, -0.15) is 0 Å². The highest BCUT2D eigenvalue weighted by molar-refractivity contribution is 5.94. The summed E-state index contributed by atoms with van der Waals surface area (Å²) in [6.07, 6.45) is -0.690. The summed E-state index contributed by atoms with van der Waals surface area (Å²) < 4.78 is 12.9. The Morgan fingerprint density at radius 2 is 2.12 bits per heavy atom. The summed E-state index contributed by atoms with van der Waals surface area (Å²) in [6, 6.07) is 5.43. The van der Waals surface area contributed by atoms with Gasteiger partial charge < -0.3 is 10.4 Å². The zero-order valence-electron chi connectivity index (χ0n) is 9.62. The van der Waals surface area contributed by atoms with Crippen molar-refractivity contribution >= 4 is 5.91 Å². The van der Waals surface area contributed by atoms with E-state index in [0.29, 0.717) is 0 Å². The Kier molecular flexibility index (Phi) is 3.65. The molecule has 1 aromatic rings. The van der Waals surface area contributed by atoms with Crippen LogP contribution in [-0.4, -0.2) is 22.7 Å². The van der Waals surface area contributed by atoms with Crippen LogP contribution in [0.25, 0.3) is 0 Å². The molecule has 1 amide bonds.